The van der Waals surface area contributed by atoms with Gasteiger partial charge < -0.3 is 5.32 Å². The van der Waals surface area contributed by atoms with E-state index in [9.17, 15) is 18.0 Å². The topological polar surface area (TPSA) is 29.1 Å². The van der Waals surface area contributed by atoms with E-state index in [0.717, 1.165) is 0 Å². The molecule has 2 nitrogen and oxygen atoms in total. The van der Waals surface area contributed by atoms with Crippen LogP contribution in [0.15, 0.2) is 0 Å². The number of alkyl halides is 3. The van der Waals surface area contributed by atoms with Gasteiger partial charge in [0.15, 0.2) is 0 Å². The Bertz CT molecular complexity index is 280. The molecule has 17 heavy (non-hydrogen) atoms. The van der Waals surface area contributed by atoms with Crippen molar-refractivity contribution in [1.82, 2.24) is 5.32 Å². The Hall–Kier alpha value is -0.740. The first-order valence-corrected chi connectivity index (χ1v) is 5.98. The van der Waals surface area contributed by atoms with Gasteiger partial charge in [-0.25, -0.2) is 0 Å². The highest BCUT2D eigenvalue weighted by molar-refractivity contribution is 5.79. The average Bonchev–Trinajstić information content (AvgIpc) is 2.14. The van der Waals surface area contributed by atoms with Crippen LogP contribution in [0.2, 0.25) is 0 Å². The Morgan fingerprint density at radius 1 is 1.18 bits per heavy atom. The lowest BCUT2D eigenvalue weighted by atomic mass is 9.80. The first-order chi connectivity index (χ1) is 7.59. The third-order valence-electron chi connectivity index (χ3n) is 3.01. The Labute approximate surface area is 100.0 Å². The van der Waals surface area contributed by atoms with E-state index < -0.39 is 18.0 Å². The lowest BCUT2D eigenvalue weighted by molar-refractivity contribution is -0.186. The van der Waals surface area contributed by atoms with Gasteiger partial charge >= 0.3 is 6.18 Å². The van der Waals surface area contributed by atoms with Crippen LogP contribution in [-0.4, -0.2) is 17.6 Å². The van der Waals surface area contributed by atoms with E-state index in [0.29, 0.717) is 12.8 Å². The van der Waals surface area contributed by atoms with Gasteiger partial charge in [0.2, 0.25) is 5.91 Å². The summed E-state index contributed by atoms with van der Waals surface area (Å²) in [5.41, 5.74) is -0.387. The largest absolute Gasteiger partial charge is 0.391 e. The van der Waals surface area contributed by atoms with Crippen molar-refractivity contribution in [2.24, 2.45) is 11.8 Å². The molecule has 1 amide bonds. The molecule has 2 unspecified atom stereocenters. The van der Waals surface area contributed by atoms with Crippen LogP contribution in [0.3, 0.4) is 0 Å². The van der Waals surface area contributed by atoms with Gasteiger partial charge in [0.25, 0.3) is 0 Å². The third-order valence-corrected chi connectivity index (χ3v) is 3.01. The molecule has 0 aromatic carbocycles. The first kappa shape index (κ1) is 14.3. The molecule has 2 atom stereocenters. The van der Waals surface area contributed by atoms with Crippen molar-refractivity contribution >= 4 is 5.91 Å². The number of hydrogen-bond donors (Lipinski definition) is 1. The van der Waals surface area contributed by atoms with E-state index in [1.54, 1.807) is 0 Å². The van der Waals surface area contributed by atoms with Crippen molar-refractivity contribution < 1.29 is 18.0 Å². The van der Waals surface area contributed by atoms with Crippen molar-refractivity contribution in [2.45, 2.75) is 58.2 Å². The molecular formula is C12H20F3NO. The summed E-state index contributed by atoms with van der Waals surface area (Å²) in [6, 6.07) is 0. The van der Waals surface area contributed by atoms with Crippen LogP contribution >= 0.6 is 0 Å². The molecule has 0 heterocycles. The molecule has 0 radical (unpaired) electrons. The Balaban J connectivity index is 2.58. The summed E-state index contributed by atoms with van der Waals surface area (Å²) in [7, 11) is 0. The fourth-order valence-electron chi connectivity index (χ4n) is 2.20. The molecule has 100 valence electrons. The second kappa shape index (κ2) is 4.86. The zero-order valence-electron chi connectivity index (χ0n) is 10.5. The van der Waals surface area contributed by atoms with E-state index in [4.69, 9.17) is 0 Å². The third kappa shape index (κ3) is 4.56. The Morgan fingerprint density at radius 3 is 2.24 bits per heavy atom. The maximum atomic E-state index is 12.6. The van der Waals surface area contributed by atoms with Gasteiger partial charge in [-0.3, -0.25) is 4.79 Å². The number of hydrogen-bond acceptors (Lipinski definition) is 1. The van der Waals surface area contributed by atoms with Gasteiger partial charge in [0.1, 0.15) is 0 Å². The van der Waals surface area contributed by atoms with Crippen molar-refractivity contribution in [1.29, 1.82) is 0 Å². The summed E-state index contributed by atoms with van der Waals surface area (Å²) in [6.45, 7) is 5.49. The van der Waals surface area contributed by atoms with E-state index in [2.05, 4.69) is 5.32 Å². The van der Waals surface area contributed by atoms with Crippen LogP contribution in [0.4, 0.5) is 13.2 Å². The normalized spacial score (nSPS) is 26.7. The molecule has 5 heteroatoms. The minimum atomic E-state index is -4.17. The van der Waals surface area contributed by atoms with Crippen LogP contribution in [0.1, 0.15) is 46.5 Å². The highest BCUT2D eigenvalue weighted by Gasteiger charge is 2.43. The number of halogens is 3. The van der Waals surface area contributed by atoms with Crippen LogP contribution in [0.25, 0.3) is 0 Å². The van der Waals surface area contributed by atoms with E-state index in [1.165, 1.54) is 0 Å². The van der Waals surface area contributed by atoms with Gasteiger partial charge in [0, 0.05) is 11.5 Å². The fraction of sp³-hybridized carbons (Fsp3) is 0.917. The molecule has 1 rings (SSSR count). The van der Waals surface area contributed by atoms with Crippen LogP contribution < -0.4 is 5.32 Å². The predicted molar refractivity (Wildman–Crippen MR) is 59.4 cm³/mol. The van der Waals surface area contributed by atoms with Crippen LogP contribution in [0, 0.1) is 11.8 Å². The lowest BCUT2D eigenvalue weighted by Crippen LogP contribution is -2.45. The van der Waals surface area contributed by atoms with Crippen molar-refractivity contribution in [2.75, 3.05) is 0 Å². The van der Waals surface area contributed by atoms with E-state index in [1.807, 2.05) is 20.8 Å². The molecule has 0 aromatic heterocycles. The van der Waals surface area contributed by atoms with Gasteiger partial charge in [0.05, 0.1) is 5.92 Å². The average molecular weight is 251 g/mol. The number of carbonyl (C=O) groups excluding carboxylic acids is 1. The van der Waals surface area contributed by atoms with Crippen molar-refractivity contribution in [3.63, 3.8) is 0 Å². The quantitative estimate of drug-likeness (QED) is 0.761. The molecule has 0 bridgehead atoms. The summed E-state index contributed by atoms with van der Waals surface area (Å²) in [4.78, 5) is 11.8. The summed E-state index contributed by atoms with van der Waals surface area (Å²) < 4.78 is 37.8. The molecule has 1 fully saturated rings. The summed E-state index contributed by atoms with van der Waals surface area (Å²) in [5, 5.41) is 2.75. The second-order valence-corrected chi connectivity index (χ2v) is 5.84. The smallest absolute Gasteiger partial charge is 0.351 e. The van der Waals surface area contributed by atoms with Gasteiger partial charge in [-0.1, -0.05) is 6.42 Å². The maximum Gasteiger partial charge on any atom is 0.391 e. The molecule has 1 saturated carbocycles. The van der Waals surface area contributed by atoms with E-state index >= 15 is 0 Å². The molecule has 0 saturated heterocycles. The number of nitrogens with one attached hydrogen (secondary N) is 1. The van der Waals surface area contributed by atoms with Gasteiger partial charge in [-0.15, -0.1) is 0 Å². The molecule has 0 spiro atoms. The van der Waals surface area contributed by atoms with Crippen LogP contribution in [-0.2, 0) is 4.79 Å². The first-order valence-electron chi connectivity index (χ1n) is 5.98. The molecular weight excluding hydrogens is 231 g/mol. The SMILES string of the molecule is CC(C)(C)NC(=O)C1CCCC(C(F)(F)F)C1. The molecule has 1 aliphatic carbocycles. The lowest BCUT2D eigenvalue weighted by Gasteiger charge is -2.31. The highest BCUT2D eigenvalue weighted by Crippen LogP contribution is 2.40. The molecule has 1 N–H and O–H groups in total. The minimum absolute atomic E-state index is 0.0641. The summed E-state index contributed by atoms with van der Waals surface area (Å²) >= 11 is 0. The summed E-state index contributed by atoms with van der Waals surface area (Å²) in [6.07, 6.45) is -3.03. The number of carbonyl (C=O) groups is 1. The van der Waals surface area contributed by atoms with Crippen molar-refractivity contribution in [3.05, 3.63) is 0 Å². The Kier molecular flexibility index (Phi) is 4.10. The predicted octanol–water partition coefficient (Wildman–Crippen LogP) is 3.27. The van der Waals surface area contributed by atoms with Crippen molar-refractivity contribution in [3.8, 4) is 0 Å². The van der Waals surface area contributed by atoms with Gasteiger partial charge in [-0.05, 0) is 40.0 Å². The number of amides is 1. The summed E-state index contributed by atoms with van der Waals surface area (Å²) in [5.74, 6) is -2.05. The zero-order chi connectivity index (χ0) is 13.3. The molecule has 1 aliphatic rings. The van der Waals surface area contributed by atoms with Crippen LogP contribution in [0.5, 0.6) is 0 Å². The van der Waals surface area contributed by atoms with E-state index in [-0.39, 0.29) is 24.3 Å². The highest BCUT2D eigenvalue weighted by atomic mass is 19.4. The number of rotatable bonds is 1. The monoisotopic (exact) mass is 251 g/mol. The zero-order valence-corrected chi connectivity index (χ0v) is 10.5. The standard InChI is InChI=1S/C12H20F3NO/c1-11(2,3)16-10(17)8-5-4-6-9(7-8)12(13,14)15/h8-9H,4-7H2,1-3H3,(H,16,17). The maximum absolute atomic E-state index is 12.6. The second-order valence-electron chi connectivity index (χ2n) is 5.84. The Morgan fingerprint density at radius 2 is 1.76 bits per heavy atom. The van der Waals surface area contributed by atoms with Gasteiger partial charge in [-0.2, -0.15) is 13.2 Å². The molecule has 0 aliphatic heterocycles. The minimum Gasteiger partial charge on any atom is -0.351 e. The fourth-order valence-corrected chi connectivity index (χ4v) is 2.20. The molecule has 0 aromatic rings.